The van der Waals surface area contributed by atoms with E-state index in [0.29, 0.717) is 6.04 Å². The standard InChI is InChI=1S/C15H19N5/c1-10-17-18-19-20(10)14-4-2-3-13(9-14)16-15(11-5-6-11)12-7-8-12/h2-4,9,11-12,15-16H,5-8H2,1H3. The summed E-state index contributed by atoms with van der Waals surface area (Å²) in [4.78, 5) is 0. The van der Waals surface area contributed by atoms with Crippen LogP contribution >= 0.6 is 0 Å². The van der Waals surface area contributed by atoms with Crippen LogP contribution in [-0.2, 0) is 0 Å². The zero-order valence-corrected chi connectivity index (χ0v) is 11.7. The third-order valence-electron chi connectivity index (χ3n) is 4.31. The Balaban J connectivity index is 1.57. The molecular formula is C15H19N5. The number of aromatic nitrogens is 4. The SMILES string of the molecule is Cc1nnnn1-c1cccc(NC(C2CC2)C2CC2)c1. The number of tetrazole rings is 1. The van der Waals surface area contributed by atoms with Gasteiger partial charge in [0.25, 0.3) is 0 Å². The first kappa shape index (κ1) is 11.9. The quantitative estimate of drug-likeness (QED) is 0.906. The zero-order valence-electron chi connectivity index (χ0n) is 11.7. The van der Waals surface area contributed by atoms with Gasteiger partial charge in [-0.15, -0.1) is 5.10 Å². The molecule has 5 heteroatoms. The third-order valence-corrected chi connectivity index (χ3v) is 4.31. The fourth-order valence-corrected chi connectivity index (χ4v) is 2.92. The van der Waals surface area contributed by atoms with Gasteiger partial charge in [0.2, 0.25) is 0 Å². The number of anilines is 1. The molecule has 0 amide bonds. The molecule has 2 fully saturated rings. The molecule has 2 aliphatic rings. The lowest BCUT2D eigenvalue weighted by molar-refractivity contribution is 0.568. The van der Waals surface area contributed by atoms with Gasteiger partial charge in [0.1, 0.15) is 0 Å². The molecule has 4 rings (SSSR count). The highest BCUT2D eigenvalue weighted by molar-refractivity contribution is 5.52. The van der Waals surface area contributed by atoms with Crippen molar-refractivity contribution in [2.24, 2.45) is 11.8 Å². The van der Waals surface area contributed by atoms with Crippen molar-refractivity contribution in [2.45, 2.75) is 38.6 Å². The number of benzene rings is 1. The molecule has 20 heavy (non-hydrogen) atoms. The summed E-state index contributed by atoms with van der Waals surface area (Å²) < 4.78 is 1.77. The van der Waals surface area contributed by atoms with Crippen molar-refractivity contribution in [1.82, 2.24) is 20.2 Å². The van der Waals surface area contributed by atoms with Crippen LogP contribution in [0.2, 0.25) is 0 Å². The lowest BCUT2D eigenvalue weighted by Crippen LogP contribution is -2.24. The van der Waals surface area contributed by atoms with Gasteiger partial charge in [-0.05, 0) is 73.1 Å². The van der Waals surface area contributed by atoms with E-state index in [1.54, 1.807) is 4.68 Å². The molecule has 0 unspecified atom stereocenters. The number of hydrogen-bond acceptors (Lipinski definition) is 4. The summed E-state index contributed by atoms with van der Waals surface area (Å²) in [5, 5.41) is 15.4. The molecule has 0 saturated heterocycles. The minimum absolute atomic E-state index is 0.667. The van der Waals surface area contributed by atoms with Crippen molar-refractivity contribution >= 4 is 5.69 Å². The van der Waals surface area contributed by atoms with Gasteiger partial charge >= 0.3 is 0 Å². The average molecular weight is 269 g/mol. The summed E-state index contributed by atoms with van der Waals surface area (Å²) in [6.07, 6.45) is 5.56. The van der Waals surface area contributed by atoms with Crippen molar-refractivity contribution in [2.75, 3.05) is 5.32 Å². The third kappa shape index (κ3) is 2.28. The second kappa shape index (κ2) is 4.58. The maximum Gasteiger partial charge on any atom is 0.153 e. The smallest absolute Gasteiger partial charge is 0.153 e. The molecule has 1 aromatic carbocycles. The Morgan fingerprint density at radius 1 is 1.20 bits per heavy atom. The molecular weight excluding hydrogens is 250 g/mol. The molecule has 0 bridgehead atoms. The van der Waals surface area contributed by atoms with Crippen LogP contribution in [0.15, 0.2) is 24.3 Å². The molecule has 0 radical (unpaired) electrons. The minimum atomic E-state index is 0.667. The first-order chi connectivity index (χ1) is 9.81. The first-order valence-electron chi connectivity index (χ1n) is 7.43. The van der Waals surface area contributed by atoms with Gasteiger partial charge < -0.3 is 5.32 Å². The molecule has 1 N–H and O–H groups in total. The van der Waals surface area contributed by atoms with Crippen molar-refractivity contribution < 1.29 is 0 Å². The number of hydrogen-bond donors (Lipinski definition) is 1. The highest BCUT2D eigenvalue weighted by Crippen LogP contribution is 2.45. The fraction of sp³-hybridized carbons (Fsp3) is 0.533. The van der Waals surface area contributed by atoms with E-state index in [2.05, 4.69) is 39.0 Å². The van der Waals surface area contributed by atoms with Crippen LogP contribution in [0.25, 0.3) is 5.69 Å². The molecule has 0 aliphatic heterocycles. The van der Waals surface area contributed by atoms with Crippen molar-refractivity contribution in [3.63, 3.8) is 0 Å². The highest BCUT2D eigenvalue weighted by atomic mass is 15.5. The van der Waals surface area contributed by atoms with Crippen LogP contribution in [-0.4, -0.2) is 26.2 Å². The molecule has 1 heterocycles. The van der Waals surface area contributed by atoms with Gasteiger partial charge in [0.15, 0.2) is 5.82 Å². The highest BCUT2D eigenvalue weighted by Gasteiger charge is 2.41. The molecule has 2 aromatic rings. The van der Waals surface area contributed by atoms with E-state index < -0.39 is 0 Å². The zero-order chi connectivity index (χ0) is 13.5. The predicted octanol–water partition coefficient (Wildman–Crippen LogP) is 2.57. The molecule has 0 atom stereocenters. The Morgan fingerprint density at radius 3 is 2.55 bits per heavy atom. The van der Waals surface area contributed by atoms with Gasteiger partial charge in [-0.2, -0.15) is 4.68 Å². The Kier molecular flexibility index (Phi) is 2.72. The van der Waals surface area contributed by atoms with Gasteiger partial charge in [-0.1, -0.05) is 6.07 Å². The second-order valence-electron chi connectivity index (χ2n) is 6.03. The van der Waals surface area contributed by atoms with Crippen LogP contribution in [0, 0.1) is 18.8 Å². The first-order valence-corrected chi connectivity index (χ1v) is 7.43. The molecule has 1 aromatic heterocycles. The van der Waals surface area contributed by atoms with Crippen LogP contribution in [0.4, 0.5) is 5.69 Å². The van der Waals surface area contributed by atoms with Gasteiger partial charge in [0, 0.05) is 11.7 Å². The lowest BCUT2D eigenvalue weighted by Gasteiger charge is -2.19. The monoisotopic (exact) mass is 269 g/mol. The second-order valence-corrected chi connectivity index (χ2v) is 6.03. The van der Waals surface area contributed by atoms with Gasteiger partial charge in [0.05, 0.1) is 5.69 Å². The van der Waals surface area contributed by atoms with E-state index >= 15 is 0 Å². The number of nitrogens with zero attached hydrogens (tertiary/aromatic N) is 4. The molecule has 0 spiro atoms. The maximum absolute atomic E-state index is 4.03. The number of rotatable bonds is 5. The average Bonchev–Trinajstić information content (AvgIpc) is 3.35. The predicted molar refractivity (Wildman–Crippen MR) is 76.7 cm³/mol. The Labute approximate surface area is 118 Å². The van der Waals surface area contributed by atoms with Gasteiger partial charge in [-0.25, -0.2) is 0 Å². The van der Waals surface area contributed by atoms with E-state index in [4.69, 9.17) is 0 Å². The lowest BCUT2D eigenvalue weighted by atomic mass is 10.1. The summed E-state index contributed by atoms with van der Waals surface area (Å²) in [5.74, 6) is 2.59. The Morgan fingerprint density at radius 2 is 1.95 bits per heavy atom. The number of nitrogens with one attached hydrogen (secondary N) is 1. The van der Waals surface area contributed by atoms with E-state index in [0.717, 1.165) is 23.3 Å². The van der Waals surface area contributed by atoms with E-state index in [1.807, 2.05) is 13.0 Å². The maximum atomic E-state index is 4.03. The van der Waals surface area contributed by atoms with Crippen molar-refractivity contribution in [1.29, 1.82) is 0 Å². The summed E-state index contributed by atoms with van der Waals surface area (Å²) in [6, 6.07) is 9.05. The van der Waals surface area contributed by atoms with Gasteiger partial charge in [-0.3, -0.25) is 0 Å². The van der Waals surface area contributed by atoms with Crippen LogP contribution < -0.4 is 5.32 Å². The fourth-order valence-electron chi connectivity index (χ4n) is 2.92. The normalized spacial score (nSPS) is 18.5. The molecule has 5 nitrogen and oxygen atoms in total. The Bertz CT molecular complexity index is 600. The topological polar surface area (TPSA) is 55.6 Å². The van der Waals surface area contributed by atoms with Crippen molar-refractivity contribution in [3.8, 4) is 5.69 Å². The van der Waals surface area contributed by atoms with Crippen LogP contribution in [0.1, 0.15) is 31.5 Å². The van der Waals surface area contributed by atoms with Crippen LogP contribution in [0.3, 0.4) is 0 Å². The molecule has 2 saturated carbocycles. The van der Waals surface area contributed by atoms with Crippen LogP contribution in [0.5, 0.6) is 0 Å². The Hall–Kier alpha value is -1.91. The van der Waals surface area contributed by atoms with E-state index in [-0.39, 0.29) is 0 Å². The van der Waals surface area contributed by atoms with E-state index in [1.165, 1.54) is 31.4 Å². The van der Waals surface area contributed by atoms with Crippen molar-refractivity contribution in [3.05, 3.63) is 30.1 Å². The summed E-state index contributed by atoms with van der Waals surface area (Å²) >= 11 is 0. The number of aryl methyl sites for hydroxylation is 1. The van der Waals surface area contributed by atoms with E-state index in [9.17, 15) is 0 Å². The largest absolute Gasteiger partial charge is 0.382 e. The molecule has 2 aliphatic carbocycles. The molecule has 104 valence electrons. The minimum Gasteiger partial charge on any atom is -0.382 e. The summed E-state index contributed by atoms with van der Waals surface area (Å²) in [7, 11) is 0. The summed E-state index contributed by atoms with van der Waals surface area (Å²) in [5.41, 5.74) is 2.20. The summed E-state index contributed by atoms with van der Waals surface area (Å²) in [6.45, 7) is 1.91.